The fraction of sp³-hybridized carbons (Fsp3) is 0.240. The van der Waals surface area contributed by atoms with Gasteiger partial charge in [-0.25, -0.2) is 17.9 Å². The molecule has 0 atom stereocenters. The minimum absolute atomic E-state index is 0.119. The van der Waals surface area contributed by atoms with Crippen molar-refractivity contribution in [1.82, 2.24) is 18.5 Å². The van der Waals surface area contributed by atoms with E-state index in [1.54, 1.807) is 69.4 Å². The lowest BCUT2D eigenvalue weighted by molar-refractivity contribution is 0.102. The van der Waals surface area contributed by atoms with E-state index in [0.29, 0.717) is 30.0 Å². The van der Waals surface area contributed by atoms with Gasteiger partial charge in [-0.3, -0.25) is 9.20 Å². The number of amides is 1. The predicted molar refractivity (Wildman–Crippen MR) is 134 cm³/mol. The van der Waals surface area contributed by atoms with Crippen LogP contribution in [0.25, 0.3) is 5.65 Å². The Morgan fingerprint density at radius 2 is 1.80 bits per heavy atom. The molecule has 0 saturated heterocycles. The van der Waals surface area contributed by atoms with E-state index in [1.807, 2.05) is 12.1 Å². The van der Waals surface area contributed by atoms with Crippen LogP contribution in [0.2, 0.25) is 0 Å². The Balaban J connectivity index is 1.56. The molecule has 9 nitrogen and oxygen atoms in total. The van der Waals surface area contributed by atoms with E-state index < -0.39 is 15.9 Å². The average Bonchev–Trinajstić information content (AvgIpc) is 3.15. The molecule has 0 bridgehead atoms. The van der Waals surface area contributed by atoms with Gasteiger partial charge in [0, 0.05) is 30.5 Å². The molecule has 1 N–H and O–H groups in total. The van der Waals surface area contributed by atoms with Gasteiger partial charge in [0.25, 0.3) is 5.91 Å². The Labute approximate surface area is 203 Å². The third-order valence-corrected chi connectivity index (χ3v) is 7.97. The molecule has 1 amide bonds. The molecule has 0 unspecified atom stereocenters. The van der Waals surface area contributed by atoms with Crippen molar-refractivity contribution in [3.8, 4) is 0 Å². The molecular weight excluding hydrogens is 466 g/mol. The van der Waals surface area contributed by atoms with Gasteiger partial charge in [0.1, 0.15) is 0 Å². The molecule has 0 spiro atoms. The van der Waals surface area contributed by atoms with Gasteiger partial charge in [-0.05, 0) is 54.4 Å². The van der Waals surface area contributed by atoms with Crippen LogP contribution in [0.5, 0.6) is 0 Å². The first-order valence-corrected chi connectivity index (χ1v) is 12.7. The van der Waals surface area contributed by atoms with Crippen LogP contribution in [0.1, 0.15) is 35.3 Å². The van der Waals surface area contributed by atoms with Crippen molar-refractivity contribution in [2.45, 2.75) is 32.2 Å². The number of sulfonamides is 1. The number of carbonyl (C=O) groups is 1. The molecule has 4 rings (SSSR count). The summed E-state index contributed by atoms with van der Waals surface area (Å²) < 4.78 is 30.2. The van der Waals surface area contributed by atoms with E-state index in [2.05, 4.69) is 10.4 Å². The second-order valence-electron chi connectivity index (χ2n) is 8.09. The van der Waals surface area contributed by atoms with E-state index >= 15 is 0 Å². The van der Waals surface area contributed by atoms with Gasteiger partial charge in [-0.2, -0.15) is 4.31 Å². The van der Waals surface area contributed by atoms with Gasteiger partial charge in [-0.15, -0.1) is 5.10 Å². The molecule has 35 heavy (non-hydrogen) atoms. The summed E-state index contributed by atoms with van der Waals surface area (Å²) in [6.07, 6.45) is 1.66. The number of carbonyl (C=O) groups excluding carboxylic acids is 1. The van der Waals surface area contributed by atoms with Crippen molar-refractivity contribution < 1.29 is 13.2 Å². The number of rotatable bonds is 8. The molecule has 2 heterocycles. The molecule has 0 aliphatic heterocycles. The monoisotopic (exact) mass is 493 g/mol. The zero-order valence-electron chi connectivity index (χ0n) is 19.8. The number of aromatic nitrogens is 3. The standard InChI is InChI=1S/C25H27N5O4S/c1-4-28(5-2)35(33,34)22-16-20(13-12-18(22)3)24(31)26-21-10-8-9-19(15-21)17-30-25(32)29-14-7-6-11-23(29)27-30/h6-16H,4-5,17H2,1-3H3,(H,26,31). The largest absolute Gasteiger partial charge is 0.350 e. The normalized spacial score (nSPS) is 11.8. The molecule has 2 aromatic heterocycles. The molecule has 0 fully saturated rings. The average molecular weight is 494 g/mol. The van der Waals surface area contributed by atoms with Gasteiger partial charge in [0.2, 0.25) is 10.0 Å². The van der Waals surface area contributed by atoms with E-state index in [0.717, 1.165) is 5.56 Å². The molecule has 0 aliphatic rings. The van der Waals surface area contributed by atoms with Crippen LogP contribution >= 0.6 is 0 Å². The van der Waals surface area contributed by atoms with Gasteiger partial charge < -0.3 is 5.32 Å². The number of pyridine rings is 1. The lowest BCUT2D eigenvalue weighted by atomic mass is 10.1. The van der Waals surface area contributed by atoms with Gasteiger partial charge >= 0.3 is 5.69 Å². The number of benzene rings is 2. The van der Waals surface area contributed by atoms with E-state index in [9.17, 15) is 18.0 Å². The lowest BCUT2D eigenvalue weighted by Crippen LogP contribution is -2.31. The highest BCUT2D eigenvalue weighted by molar-refractivity contribution is 7.89. The summed E-state index contributed by atoms with van der Waals surface area (Å²) >= 11 is 0. The van der Waals surface area contributed by atoms with Crippen molar-refractivity contribution >= 4 is 27.3 Å². The van der Waals surface area contributed by atoms with Crippen molar-refractivity contribution in [2.24, 2.45) is 0 Å². The Hall–Kier alpha value is -3.76. The SMILES string of the molecule is CCN(CC)S(=O)(=O)c1cc(C(=O)Nc2cccc(Cn3nc4ccccn4c3=O)c2)ccc1C. The zero-order chi connectivity index (χ0) is 25.2. The Bertz CT molecular complexity index is 1550. The lowest BCUT2D eigenvalue weighted by Gasteiger charge is -2.20. The molecule has 4 aromatic rings. The fourth-order valence-electron chi connectivity index (χ4n) is 3.92. The number of hydrogen-bond acceptors (Lipinski definition) is 5. The summed E-state index contributed by atoms with van der Waals surface area (Å²) in [5.41, 5.74) is 2.42. The number of nitrogens with zero attached hydrogens (tertiary/aromatic N) is 4. The Morgan fingerprint density at radius 1 is 1.03 bits per heavy atom. The zero-order valence-corrected chi connectivity index (χ0v) is 20.6. The molecule has 2 aromatic carbocycles. The van der Waals surface area contributed by atoms with Crippen LogP contribution in [0.4, 0.5) is 5.69 Å². The second-order valence-corrected chi connectivity index (χ2v) is 10.00. The first-order chi connectivity index (χ1) is 16.7. The van der Waals surface area contributed by atoms with E-state index in [4.69, 9.17) is 0 Å². The van der Waals surface area contributed by atoms with Crippen molar-refractivity contribution in [3.05, 3.63) is 94.0 Å². The van der Waals surface area contributed by atoms with Crippen LogP contribution in [0, 0.1) is 6.92 Å². The molecule has 0 radical (unpaired) electrons. The number of hydrogen-bond donors (Lipinski definition) is 1. The number of fused-ring (bicyclic) bond motifs is 1. The van der Waals surface area contributed by atoms with Gasteiger partial charge in [-0.1, -0.05) is 38.1 Å². The van der Waals surface area contributed by atoms with Gasteiger partial charge in [0.05, 0.1) is 11.4 Å². The smallest absolute Gasteiger partial charge is 0.322 e. The third-order valence-electron chi connectivity index (χ3n) is 5.78. The molecule has 182 valence electrons. The topological polar surface area (TPSA) is 106 Å². The minimum atomic E-state index is -3.71. The maximum atomic E-state index is 13.0. The quantitative estimate of drug-likeness (QED) is 0.406. The third kappa shape index (κ3) is 4.89. The Morgan fingerprint density at radius 3 is 2.51 bits per heavy atom. The second kappa shape index (κ2) is 9.85. The predicted octanol–water partition coefficient (Wildman–Crippen LogP) is 3.14. The number of anilines is 1. The van der Waals surface area contributed by atoms with Crippen LogP contribution in [0.3, 0.4) is 0 Å². The molecular formula is C25H27N5O4S. The maximum Gasteiger partial charge on any atom is 0.350 e. The summed E-state index contributed by atoms with van der Waals surface area (Å²) in [7, 11) is -3.71. The summed E-state index contributed by atoms with van der Waals surface area (Å²) in [6, 6.07) is 17.1. The van der Waals surface area contributed by atoms with Crippen LogP contribution in [-0.4, -0.2) is 45.9 Å². The van der Waals surface area contributed by atoms with Crippen LogP contribution in [-0.2, 0) is 16.6 Å². The summed E-state index contributed by atoms with van der Waals surface area (Å²) in [4.78, 5) is 25.6. The van der Waals surface area contributed by atoms with E-state index in [-0.39, 0.29) is 22.7 Å². The highest BCUT2D eigenvalue weighted by Gasteiger charge is 2.24. The van der Waals surface area contributed by atoms with E-state index in [1.165, 1.54) is 19.5 Å². The number of nitrogens with one attached hydrogen (secondary N) is 1. The summed E-state index contributed by atoms with van der Waals surface area (Å²) in [6.45, 7) is 6.19. The summed E-state index contributed by atoms with van der Waals surface area (Å²) in [5, 5.41) is 7.15. The first kappa shape index (κ1) is 24.4. The van der Waals surface area contributed by atoms with Crippen molar-refractivity contribution in [1.29, 1.82) is 0 Å². The van der Waals surface area contributed by atoms with Crippen LogP contribution in [0.15, 0.2) is 76.6 Å². The maximum absolute atomic E-state index is 13.0. The minimum Gasteiger partial charge on any atom is -0.322 e. The van der Waals surface area contributed by atoms with Crippen LogP contribution < -0.4 is 11.0 Å². The molecule has 0 aliphatic carbocycles. The first-order valence-electron chi connectivity index (χ1n) is 11.3. The van der Waals surface area contributed by atoms with Crippen molar-refractivity contribution in [3.63, 3.8) is 0 Å². The molecule has 0 saturated carbocycles. The van der Waals surface area contributed by atoms with Gasteiger partial charge in [0.15, 0.2) is 5.65 Å². The molecule has 10 heteroatoms. The number of aryl methyl sites for hydroxylation is 1. The fourth-order valence-corrected chi connectivity index (χ4v) is 5.63. The highest BCUT2D eigenvalue weighted by atomic mass is 32.2. The summed E-state index contributed by atoms with van der Waals surface area (Å²) in [5.74, 6) is -0.428. The van der Waals surface area contributed by atoms with Crippen molar-refractivity contribution in [2.75, 3.05) is 18.4 Å². The highest BCUT2D eigenvalue weighted by Crippen LogP contribution is 2.22. The Kier molecular flexibility index (Phi) is 6.86.